The lowest BCUT2D eigenvalue weighted by Crippen LogP contribution is -2.51. The number of likely N-dealkylation sites (N-methyl/N-ethyl adjacent to an activating group) is 1. The SMILES string of the molecule is COc1cccc(C#Cc2cnc3c(c2)C(=O)N([C@H](C)CO)C[C@H](C)[C@@H](CN(C)C(=O)C2CCC2)O3)c1. The number of rotatable bonds is 6. The topological polar surface area (TPSA) is 92.2 Å². The van der Waals surface area contributed by atoms with Gasteiger partial charge in [-0.1, -0.05) is 31.3 Å². The number of aliphatic hydroxyl groups is 1. The zero-order valence-electron chi connectivity index (χ0n) is 21.9. The van der Waals surface area contributed by atoms with Crippen molar-refractivity contribution in [2.75, 3.05) is 33.9 Å². The molecule has 2 amide bonds. The van der Waals surface area contributed by atoms with Crippen molar-refractivity contribution in [3.8, 4) is 23.5 Å². The number of aromatic nitrogens is 1. The molecule has 196 valence electrons. The first kappa shape index (κ1) is 26.5. The van der Waals surface area contributed by atoms with Gasteiger partial charge in [-0.15, -0.1) is 0 Å². The lowest BCUT2D eigenvalue weighted by molar-refractivity contribution is -0.138. The fourth-order valence-corrected chi connectivity index (χ4v) is 4.56. The van der Waals surface area contributed by atoms with Crippen LogP contribution < -0.4 is 9.47 Å². The van der Waals surface area contributed by atoms with E-state index in [-0.39, 0.29) is 48.3 Å². The van der Waals surface area contributed by atoms with Gasteiger partial charge in [0.15, 0.2) is 0 Å². The van der Waals surface area contributed by atoms with E-state index < -0.39 is 0 Å². The summed E-state index contributed by atoms with van der Waals surface area (Å²) >= 11 is 0. The first-order chi connectivity index (χ1) is 17.8. The molecule has 1 fully saturated rings. The van der Waals surface area contributed by atoms with Crippen molar-refractivity contribution < 1.29 is 24.2 Å². The quantitative estimate of drug-likeness (QED) is 0.607. The minimum atomic E-state index is -0.387. The van der Waals surface area contributed by atoms with Crippen molar-refractivity contribution in [1.29, 1.82) is 0 Å². The molecule has 8 heteroatoms. The average molecular weight is 506 g/mol. The van der Waals surface area contributed by atoms with Crippen LogP contribution in [0.25, 0.3) is 0 Å². The zero-order valence-corrected chi connectivity index (χ0v) is 21.9. The molecule has 2 aliphatic rings. The van der Waals surface area contributed by atoms with Gasteiger partial charge in [-0.3, -0.25) is 9.59 Å². The standard InChI is InChI=1S/C29H35N3O5/c1-19-16-32(20(2)18-33)29(35)25-14-22(12-11-21-7-5-10-24(13-21)36-4)15-30-27(25)37-26(19)17-31(3)28(34)23-8-6-9-23/h5,7,10,13-15,19-20,23,26,33H,6,8-9,16-18H2,1-4H3/t19-,20+,26+/m0/s1. The summed E-state index contributed by atoms with van der Waals surface area (Å²) < 4.78 is 11.6. The van der Waals surface area contributed by atoms with Crippen molar-refractivity contribution >= 4 is 11.8 Å². The molecule has 0 spiro atoms. The summed E-state index contributed by atoms with van der Waals surface area (Å²) in [5.41, 5.74) is 1.64. The number of benzene rings is 1. The Hall–Kier alpha value is -3.57. The van der Waals surface area contributed by atoms with Gasteiger partial charge in [-0.25, -0.2) is 4.98 Å². The molecule has 4 rings (SSSR count). The molecule has 1 aromatic heterocycles. The molecule has 0 saturated heterocycles. The van der Waals surface area contributed by atoms with Crippen molar-refractivity contribution in [3.05, 3.63) is 53.2 Å². The highest BCUT2D eigenvalue weighted by molar-refractivity contribution is 5.97. The van der Waals surface area contributed by atoms with Gasteiger partial charge in [0.25, 0.3) is 5.91 Å². The summed E-state index contributed by atoms with van der Waals surface area (Å²) in [5.74, 6) is 6.96. The van der Waals surface area contributed by atoms with Gasteiger partial charge >= 0.3 is 0 Å². The van der Waals surface area contributed by atoms with Gasteiger partial charge in [0, 0.05) is 42.8 Å². The van der Waals surface area contributed by atoms with E-state index in [1.54, 1.807) is 36.2 Å². The molecule has 8 nitrogen and oxygen atoms in total. The minimum Gasteiger partial charge on any atom is -0.497 e. The second kappa shape index (κ2) is 11.7. The van der Waals surface area contributed by atoms with E-state index >= 15 is 0 Å². The van der Waals surface area contributed by atoms with Crippen LogP contribution in [0.3, 0.4) is 0 Å². The molecule has 2 aromatic rings. The largest absolute Gasteiger partial charge is 0.497 e. The Morgan fingerprint density at radius 1 is 1.30 bits per heavy atom. The highest BCUT2D eigenvalue weighted by Gasteiger charge is 2.36. The van der Waals surface area contributed by atoms with Gasteiger partial charge in [-0.2, -0.15) is 0 Å². The van der Waals surface area contributed by atoms with Crippen molar-refractivity contribution in [1.82, 2.24) is 14.8 Å². The lowest BCUT2D eigenvalue weighted by atomic mass is 9.84. The first-order valence-electron chi connectivity index (χ1n) is 12.8. The summed E-state index contributed by atoms with van der Waals surface area (Å²) in [6, 6.07) is 8.72. The summed E-state index contributed by atoms with van der Waals surface area (Å²) in [4.78, 5) is 34.2. The molecule has 3 atom stereocenters. The third-order valence-electron chi connectivity index (χ3n) is 7.23. The molecule has 1 saturated carbocycles. The van der Waals surface area contributed by atoms with Gasteiger partial charge in [0.2, 0.25) is 11.8 Å². The third-order valence-corrected chi connectivity index (χ3v) is 7.23. The van der Waals surface area contributed by atoms with Crippen molar-refractivity contribution in [3.63, 3.8) is 0 Å². The number of amides is 2. The molecule has 1 aromatic carbocycles. The zero-order chi connectivity index (χ0) is 26.5. The van der Waals surface area contributed by atoms with E-state index in [0.29, 0.717) is 30.0 Å². The van der Waals surface area contributed by atoms with E-state index in [4.69, 9.17) is 9.47 Å². The van der Waals surface area contributed by atoms with Gasteiger partial charge in [0.1, 0.15) is 17.4 Å². The van der Waals surface area contributed by atoms with Gasteiger partial charge in [-0.05, 0) is 44.0 Å². The molecular weight excluding hydrogens is 470 g/mol. The summed E-state index contributed by atoms with van der Waals surface area (Å²) in [7, 11) is 3.41. The Morgan fingerprint density at radius 3 is 2.73 bits per heavy atom. The van der Waals surface area contributed by atoms with Gasteiger partial charge < -0.3 is 24.4 Å². The van der Waals surface area contributed by atoms with Crippen LogP contribution in [0.2, 0.25) is 0 Å². The van der Waals surface area contributed by atoms with Crippen LogP contribution in [0.1, 0.15) is 54.6 Å². The predicted octanol–water partition coefficient (Wildman–Crippen LogP) is 2.97. The van der Waals surface area contributed by atoms with E-state index in [2.05, 4.69) is 16.8 Å². The van der Waals surface area contributed by atoms with Crippen LogP contribution >= 0.6 is 0 Å². The first-order valence-corrected chi connectivity index (χ1v) is 12.8. The number of ether oxygens (including phenoxy) is 2. The normalized spacial score (nSPS) is 20.2. The monoisotopic (exact) mass is 505 g/mol. The van der Waals surface area contributed by atoms with Crippen molar-refractivity contribution in [2.45, 2.75) is 45.3 Å². The maximum absolute atomic E-state index is 13.6. The van der Waals surface area contributed by atoms with Crippen LogP contribution in [-0.4, -0.2) is 77.7 Å². The summed E-state index contributed by atoms with van der Waals surface area (Å²) in [5, 5.41) is 9.86. The fraction of sp³-hybridized carbons (Fsp3) is 0.483. The maximum atomic E-state index is 13.6. The Morgan fingerprint density at radius 2 is 2.05 bits per heavy atom. The van der Waals surface area contributed by atoms with Crippen LogP contribution in [-0.2, 0) is 4.79 Å². The Balaban J connectivity index is 1.64. The number of hydrogen-bond donors (Lipinski definition) is 1. The fourth-order valence-electron chi connectivity index (χ4n) is 4.56. The minimum absolute atomic E-state index is 0.0860. The molecule has 1 aliphatic heterocycles. The highest BCUT2D eigenvalue weighted by atomic mass is 16.5. The van der Waals surface area contributed by atoms with Gasteiger partial charge in [0.05, 0.1) is 26.3 Å². The second-order valence-electron chi connectivity index (χ2n) is 10.0. The van der Waals surface area contributed by atoms with Crippen LogP contribution in [0.4, 0.5) is 0 Å². The molecule has 37 heavy (non-hydrogen) atoms. The third kappa shape index (κ3) is 6.05. The average Bonchev–Trinajstić information content (AvgIpc) is 2.88. The number of hydrogen-bond acceptors (Lipinski definition) is 6. The van der Waals surface area contributed by atoms with E-state index in [9.17, 15) is 14.7 Å². The Kier molecular flexibility index (Phi) is 8.34. The van der Waals surface area contributed by atoms with E-state index in [1.807, 2.05) is 38.1 Å². The molecule has 0 unspecified atom stereocenters. The van der Waals surface area contributed by atoms with Crippen LogP contribution in [0.15, 0.2) is 36.5 Å². The van der Waals surface area contributed by atoms with E-state index in [1.165, 1.54) is 0 Å². The molecule has 0 bridgehead atoms. The molecule has 1 N–H and O–H groups in total. The summed E-state index contributed by atoms with van der Waals surface area (Å²) in [6.45, 7) is 4.42. The number of pyridine rings is 1. The summed E-state index contributed by atoms with van der Waals surface area (Å²) in [6.07, 6.45) is 4.19. The highest BCUT2D eigenvalue weighted by Crippen LogP contribution is 2.30. The maximum Gasteiger partial charge on any atom is 0.259 e. The number of nitrogens with zero attached hydrogens (tertiary/aromatic N) is 3. The number of aliphatic hydroxyl groups excluding tert-OH is 1. The number of carbonyl (C=O) groups is 2. The molecule has 1 aliphatic carbocycles. The van der Waals surface area contributed by atoms with Crippen LogP contribution in [0.5, 0.6) is 11.6 Å². The molecular formula is C29H35N3O5. The van der Waals surface area contributed by atoms with E-state index in [0.717, 1.165) is 24.8 Å². The Labute approximate surface area is 218 Å². The number of methoxy groups -OCH3 is 1. The Bertz CT molecular complexity index is 1200. The smallest absolute Gasteiger partial charge is 0.259 e. The molecule has 2 heterocycles. The van der Waals surface area contributed by atoms with Crippen LogP contribution in [0, 0.1) is 23.7 Å². The number of fused-ring (bicyclic) bond motifs is 1. The lowest BCUT2D eigenvalue weighted by Gasteiger charge is -2.38. The predicted molar refractivity (Wildman–Crippen MR) is 139 cm³/mol. The van der Waals surface area contributed by atoms with Crippen molar-refractivity contribution in [2.24, 2.45) is 11.8 Å². The second-order valence-corrected chi connectivity index (χ2v) is 10.0. The molecule has 0 radical (unpaired) electrons. The number of carbonyl (C=O) groups excluding carboxylic acids is 2.